The SMILES string of the molecule is CCC(C)Oc1cccc(NC(=O)c2nn(C)cc2N)c1. The molecule has 1 amide bonds. The molecule has 0 fully saturated rings. The summed E-state index contributed by atoms with van der Waals surface area (Å²) in [6.45, 7) is 4.06. The molecule has 2 aromatic rings. The number of nitrogen functional groups attached to an aromatic ring is 1. The number of carbonyl (C=O) groups is 1. The van der Waals surface area contributed by atoms with E-state index in [2.05, 4.69) is 17.3 Å². The van der Waals surface area contributed by atoms with E-state index >= 15 is 0 Å². The van der Waals surface area contributed by atoms with E-state index in [0.717, 1.165) is 12.2 Å². The molecule has 0 aliphatic carbocycles. The zero-order chi connectivity index (χ0) is 15.4. The van der Waals surface area contributed by atoms with Gasteiger partial charge in [0, 0.05) is 25.0 Å². The summed E-state index contributed by atoms with van der Waals surface area (Å²) in [5.41, 5.74) is 6.95. The van der Waals surface area contributed by atoms with Crippen molar-refractivity contribution in [2.75, 3.05) is 11.1 Å². The van der Waals surface area contributed by atoms with Crippen molar-refractivity contribution in [1.29, 1.82) is 0 Å². The van der Waals surface area contributed by atoms with Gasteiger partial charge in [-0.25, -0.2) is 0 Å². The van der Waals surface area contributed by atoms with Gasteiger partial charge in [0.1, 0.15) is 5.75 Å². The van der Waals surface area contributed by atoms with Gasteiger partial charge >= 0.3 is 0 Å². The number of nitrogens with two attached hydrogens (primary N) is 1. The molecule has 0 aliphatic heterocycles. The largest absolute Gasteiger partial charge is 0.491 e. The minimum absolute atomic E-state index is 0.127. The van der Waals surface area contributed by atoms with Gasteiger partial charge in [-0.15, -0.1) is 0 Å². The van der Waals surface area contributed by atoms with Gasteiger partial charge in [-0.3, -0.25) is 9.48 Å². The van der Waals surface area contributed by atoms with Crippen LogP contribution in [0.5, 0.6) is 5.75 Å². The Morgan fingerprint density at radius 1 is 1.52 bits per heavy atom. The van der Waals surface area contributed by atoms with Crippen molar-refractivity contribution in [3.63, 3.8) is 0 Å². The lowest BCUT2D eigenvalue weighted by Crippen LogP contribution is -2.15. The number of anilines is 2. The Labute approximate surface area is 123 Å². The maximum absolute atomic E-state index is 12.1. The third-order valence-electron chi connectivity index (χ3n) is 3.08. The van der Waals surface area contributed by atoms with Crippen LogP contribution in [0.25, 0.3) is 0 Å². The average Bonchev–Trinajstić information content (AvgIpc) is 2.78. The third-order valence-corrected chi connectivity index (χ3v) is 3.08. The summed E-state index contributed by atoms with van der Waals surface area (Å²) in [6.07, 6.45) is 2.64. The lowest BCUT2D eigenvalue weighted by molar-refractivity contribution is 0.102. The van der Waals surface area contributed by atoms with Crippen LogP contribution in [0.1, 0.15) is 30.8 Å². The second-order valence-corrected chi connectivity index (χ2v) is 4.93. The van der Waals surface area contributed by atoms with E-state index in [0.29, 0.717) is 11.4 Å². The topological polar surface area (TPSA) is 82.2 Å². The Morgan fingerprint density at radius 2 is 2.29 bits per heavy atom. The number of aromatic nitrogens is 2. The summed E-state index contributed by atoms with van der Waals surface area (Å²) in [6, 6.07) is 7.26. The van der Waals surface area contributed by atoms with Gasteiger partial charge in [-0.05, 0) is 25.5 Å². The van der Waals surface area contributed by atoms with E-state index in [-0.39, 0.29) is 17.7 Å². The van der Waals surface area contributed by atoms with Crippen molar-refractivity contribution in [2.24, 2.45) is 7.05 Å². The fraction of sp³-hybridized carbons (Fsp3) is 0.333. The summed E-state index contributed by atoms with van der Waals surface area (Å²) >= 11 is 0. The lowest BCUT2D eigenvalue weighted by Gasteiger charge is -2.13. The van der Waals surface area contributed by atoms with Crippen LogP contribution in [0, 0.1) is 0 Å². The summed E-state index contributed by atoms with van der Waals surface area (Å²) in [5, 5.41) is 6.81. The number of amides is 1. The average molecular weight is 288 g/mol. The molecule has 0 saturated carbocycles. The van der Waals surface area contributed by atoms with Crippen molar-refractivity contribution in [3.8, 4) is 5.75 Å². The second-order valence-electron chi connectivity index (χ2n) is 4.93. The summed E-state index contributed by atoms with van der Waals surface area (Å²) in [7, 11) is 1.72. The molecule has 6 nitrogen and oxygen atoms in total. The van der Waals surface area contributed by atoms with Crippen LogP contribution in [-0.4, -0.2) is 21.8 Å². The molecule has 1 unspecified atom stereocenters. The Bertz CT molecular complexity index is 636. The first-order valence-electron chi connectivity index (χ1n) is 6.86. The van der Waals surface area contributed by atoms with Crippen LogP contribution in [0.2, 0.25) is 0 Å². The first-order chi connectivity index (χ1) is 9.99. The summed E-state index contributed by atoms with van der Waals surface area (Å²) in [5.74, 6) is 0.380. The van der Waals surface area contributed by atoms with Crippen LogP contribution < -0.4 is 15.8 Å². The zero-order valence-electron chi connectivity index (χ0n) is 12.5. The third kappa shape index (κ3) is 3.75. The predicted octanol–water partition coefficient (Wildman–Crippen LogP) is 2.43. The quantitative estimate of drug-likeness (QED) is 0.885. The second kappa shape index (κ2) is 6.30. The van der Waals surface area contributed by atoms with Gasteiger partial charge in [-0.1, -0.05) is 13.0 Å². The maximum Gasteiger partial charge on any atom is 0.278 e. The number of nitrogens with one attached hydrogen (secondary N) is 1. The molecule has 112 valence electrons. The molecule has 0 bridgehead atoms. The van der Waals surface area contributed by atoms with Gasteiger partial charge in [0.25, 0.3) is 5.91 Å². The molecular weight excluding hydrogens is 268 g/mol. The molecule has 1 aromatic carbocycles. The Balaban J connectivity index is 2.11. The van der Waals surface area contributed by atoms with Crippen molar-refractivity contribution < 1.29 is 9.53 Å². The number of hydrogen-bond donors (Lipinski definition) is 2. The molecule has 0 radical (unpaired) electrons. The molecule has 1 aromatic heterocycles. The highest BCUT2D eigenvalue weighted by molar-refractivity contribution is 6.06. The molecule has 0 saturated heterocycles. The van der Waals surface area contributed by atoms with Gasteiger partial charge in [0.05, 0.1) is 11.8 Å². The van der Waals surface area contributed by atoms with Gasteiger partial charge in [-0.2, -0.15) is 5.10 Å². The summed E-state index contributed by atoms with van der Waals surface area (Å²) < 4.78 is 7.23. The van der Waals surface area contributed by atoms with Crippen molar-refractivity contribution >= 4 is 17.3 Å². The Kier molecular flexibility index (Phi) is 4.47. The maximum atomic E-state index is 12.1. The van der Waals surface area contributed by atoms with E-state index in [1.165, 1.54) is 4.68 Å². The Morgan fingerprint density at radius 3 is 2.90 bits per heavy atom. The molecule has 1 atom stereocenters. The van der Waals surface area contributed by atoms with Crippen LogP contribution in [0.15, 0.2) is 30.5 Å². The number of nitrogens with zero attached hydrogens (tertiary/aromatic N) is 2. The predicted molar refractivity (Wildman–Crippen MR) is 82.4 cm³/mol. The van der Waals surface area contributed by atoms with E-state index < -0.39 is 0 Å². The molecule has 1 heterocycles. The van der Waals surface area contributed by atoms with Crippen molar-refractivity contribution in [3.05, 3.63) is 36.2 Å². The number of benzene rings is 1. The van der Waals surface area contributed by atoms with Gasteiger partial charge in [0.2, 0.25) is 0 Å². The minimum Gasteiger partial charge on any atom is -0.491 e. The van der Waals surface area contributed by atoms with E-state index in [1.807, 2.05) is 19.1 Å². The monoisotopic (exact) mass is 288 g/mol. The van der Waals surface area contributed by atoms with Gasteiger partial charge < -0.3 is 15.8 Å². The molecule has 3 N–H and O–H groups in total. The van der Waals surface area contributed by atoms with Crippen LogP contribution >= 0.6 is 0 Å². The van der Waals surface area contributed by atoms with Crippen LogP contribution in [0.4, 0.5) is 11.4 Å². The molecule has 0 spiro atoms. The van der Waals surface area contributed by atoms with E-state index in [4.69, 9.17) is 10.5 Å². The zero-order valence-corrected chi connectivity index (χ0v) is 12.5. The number of aryl methyl sites for hydroxylation is 1. The molecule has 0 aliphatic rings. The minimum atomic E-state index is -0.339. The van der Waals surface area contributed by atoms with Crippen molar-refractivity contribution in [2.45, 2.75) is 26.4 Å². The number of hydrogen-bond acceptors (Lipinski definition) is 4. The highest BCUT2D eigenvalue weighted by atomic mass is 16.5. The summed E-state index contributed by atoms with van der Waals surface area (Å²) in [4.78, 5) is 12.1. The fourth-order valence-electron chi connectivity index (χ4n) is 1.84. The van der Waals surface area contributed by atoms with Crippen LogP contribution in [-0.2, 0) is 7.05 Å². The molecule has 21 heavy (non-hydrogen) atoms. The molecule has 2 rings (SSSR count). The normalized spacial score (nSPS) is 12.0. The highest BCUT2D eigenvalue weighted by Gasteiger charge is 2.14. The molecule has 6 heteroatoms. The van der Waals surface area contributed by atoms with E-state index in [9.17, 15) is 4.79 Å². The van der Waals surface area contributed by atoms with E-state index in [1.54, 1.807) is 25.4 Å². The van der Waals surface area contributed by atoms with Gasteiger partial charge in [0.15, 0.2) is 5.69 Å². The Hall–Kier alpha value is -2.50. The fourth-order valence-corrected chi connectivity index (χ4v) is 1.84. The first kappa shape index (κ1) is 14.9. The van der Waals surface area contributed by atoms with Crippen LogP contribution in [0.3, 0.4) is 0 Å². The van der Waals surface area contributed by atoms with Crippen molar-refractivity contribution in [1.82, 2.24) is 9.78 Å². The smallest absolute Gasteiger partial charge is 0.278 e. The highest BCUT2D eigenvalue weighted by Crippen LogP contribution is 2.20. The number of ether oxygens (including phenoxy) is 1. The number of rotatable bonds is 5. The standard InChI is InChI=1S/C15H20N4O2/c1-4-10(2)21-12-7-5-6-11(8-12)17-15(20)14-13(16)9-19(3)18-14/h5-10H,4,16H2,1-3H3,(H,17,20). The molecular formula is C15H20N4O2. The first-order valence-corrected chi connectivity index (χ1v) is 6.86. The number of carbonyl (C=O) groups excluding carboxylic acids is 1. The lowest BCUT2D eigenvalue weighted by atomic mass is 10.2.